The first-order valence-corrected chi connectivity index (χ1v) is 10.7. The second kappa shape index (κ2) is 11.5. The van der Waals surface area contributed by atoms with Crippen LogP contribution in [0.4, 0.5) is 17.1 Å². The van der Waals surface area contributed by atoms with Crippen LogP contribution in [0.25, 0.3) is 0 Å². The first-order chi connectivity index (χ1) is 15.9. The Morgan fingerprint density at radius 3 is 2.00 bits per heavy atom. The van der Waals surface area contributed by atoms with Gasteiger partial charge < -0.3 is 25.7 Å². The molecule has 8 nitrogen and oxygen atoms in total. The van der Waals surface area contributed by atoms with E-state index in [1.165, 1.54) is 0 Å². The van der Waals surface area contributed by atoms with E-state index < -0.39 is 0 Å². The van der Waals surface area contributed by atoms with Crippen LogP contribution in [0.1, 0.15) is 36.4 Å². The van der Waals surface area contributed by atoms with E-state index in [0.717, 1.165) is 5.69 Å². The third kappa shape index (κ3) is 7.84. The Balaban J connectivity index is 1.42. The molecule has 0 bridgehead atoms. The summed E-state index contributed by atoms with van der Waals surface area (Å²) in [6.07, 6.45) is 2.02. The molecule has 4 N–H and O–H groups in total. The molecule has 33 heavy (non-hydrogen) atoms. The molecule has 0 unspecified atom stereocenters. The molecule has 0 saturated carbocycles. The Kier molecular flexibility index (Phi) is 8.24. The van der Waals surface area contributed by atoms with Gasteiger partial charge in [-0.2, -0.15) is 0 Å². The quantitative estimate of drug-likeness (QED) is 0.371. The number of amides is 3. The second-order valence-corrected chi connectivity index (χ2v) is 7.96. The first-order valence-electron chi connectivity index (χ1n) is 10.7. The predicted octanol–water partition coefficient (Wildman–Crippen LogP) is 4.24. The van der Waals surface area contributed by atoms with Gasteiger partial charge in [0, 0.05) is 29.0 Å². The van der Waals surface area contributed by atoms with E-state index in [2.05, 4.69) is 21.3 Å². The van der Waals surface area contributed by atoms with E-state index in [-0.39, 0.29) is 30.2 Å². The highest BCUT2D eigenvalue weighted by Crippen LogP contribution is 2.15. The Labute approximate surface area is 192 Å². The molecule has 2 aromatic carbocycles. The van der Waals surface area contributed by atoms with Crippen LogP contribution in [0.5, 0.6) is 0 Å². The molecule has 1 heterocycles. The first kappa shape index (κ1) is 23.6. The maximum Gasteiger partial charge on any atom is 0.251 e. The number of anilines is 3. The lowest BCUT2D eigenvalue weighted by molar-refractivity contribution is -0.117. The summed E-state index contributed by atoms with van der Waals surface area (Å²) >= 11 is 0. The van der Waals surface area contributed by atoms with Gasteiger partial charge in [0.2, 0.25) is 11.8 Å². The van der Waals surface area contributed by atoms with Crippen molar-refractivity contribution in [2.24, 2.45) is 5.92 Å². The highest BCUT2D eigenvalue weighted by atomic mass is 16.3. The van der Waals surface area contributed by atoms with Crippen LogP contribution in [-0.4, -0.2) is 24.3 Å². The number of furan rings is 1. The molecule has 3 aromatic rings. The zero-order valence-corrected chi connectivity index (χ0v) is 18.7. The zero-order valence-electron chi connectivity index (χ0n) is 18.7. The van der Waals surface area contributed by atoms with Gasteiger partial charge in [-0.1, -0.05) is 13.8 Å². The summed E-state index contributed by atoms with van der Waals surface area (Å²) in [6.45, 7) is 4.36. The van der Waals surface area contributed by atoms with Gasteiger partial charge in [-0.25, -0.2) is 0 Å². The highest BCUT2D eigenvalue weighted by molar-refractivity contribution is 5.96. The fraction of sp³-hybridized carbons (Fsp3) is 0.240. The maximum atomic E-state index is 12.2. The fourth-order valence-electron chi connectivity index (χ4n) is 3.03. The number of benzene rings is 2. The van der Waals surface area contributed by atoms with E-state index in [9.17, 15) is 14.4 Å². The number of rotatable bonds is 10. The molecule has 0 aliphatic carbocycles. The molecule has 3 amide bonds. The summed E-state index contributed by atoms with van der Waals surface area (Å²) in [6, 6.07) is 17.4. The number of carbonyl (C=O) groups excluding carboxylic acids is 3. The average molecular weight is 449 g/mol. The zero-order chi connectivity index (χ0) is 23.6. The molecule has 0 atom stereocenters. The summed E-state index contributed by atoms with van der Waals surface area (Å²) in [5.74, 6) is 0.508. The summed E-state index contributed by atoms with van der Waals surface area (Å²) in [5.41, 5.74) is 2.55. The van der Waals surface area contributed by atoms with Crippen molar-refractivity contribution >= 4 is 34.8 Å². The van der Waals surface area contributed by atoms with Gasteiger partial charge in [0.25, 0.3) is 5.91 Å². The molecule has 172 valence electrons. The van der Waals surface area contributed by atoms with Gasteiger partial charge >= 0.3 is 0 Å². The van der Waals surface area contributed by atoms with Crippen LogP contribution >= 0.6 is 0 Å². The second-order valence-electron chi connectivity index (χ2n) is 7.96. The van der Waals surface area contributed by atoms with Crippen molar-refractivity contribution in [2.75, 3.05) is 22.5 Å². The number of hydrogen-bond donors (Lipinski definition) is 4. The van der Waals surface area contributed by atoms with E-state index in [1.54, 1.807) is 66.9 Å². The monoisotopic (exact) mass is 448 g/mol. The van der Waals surface area contributed by atoms with E-state index in [4.69, 9.17) is 4.42 Å². The lowest BCUT2D eigenvalue weighted by atomic mass is 10.1. The van der Waals surface area contributed by atoms with Gasteiger partial charge in [-0.05, 0) is 66.6 Å². The van der Waals surface area contributed by atoms with Crippen molar-refractivity contribution in [3.63, 3.8) is 0 Å². The Hall–Kier alpha value is -4.07. The minimum Gasteiger partial charge on any atom is -0.467 e. The van der Waals surface area contributed by atoms with Crippen molar-refractivity contribution < 1.29 is 18.8 Å². The Morgan fingerprint density at radius 1 is 0.818 bits per heavy atom. The van der Waals surface area contributed by atoms with E-state index in [0.29, 0.717) is 35.7 Å². The largest absolute Gasteiger partial charge is 0.467 e. The maximum absolute atomic E-state index is 12.2. The van der Waals surface area contributed by atoms with Crippen LogP contribution in [0.3, 0.4) is 0 Å². The molecule has 0 saturated heterocycles. The molecule has 3 rings (SSSR count). The third-order valence-corrected chi connectivity index (χ3v) is 4.65. The topological polar surface area (TPSA) is 112 Å². The molecule has 0 aliphatic heterocycles. The van der Waals surface area contributed by atoms with Crippen LogP contribution in [0.15, 0.2) is 71.3 Å². The van der Waals surface area contributed by atoms with Crippen LogP contribution in [0.2, 0.25) is 0 Å². The van der Waals surface area contributed by atoms with Gasteiger partial charge in [0.05, 0.1) is 19.4 Å². The number of hydrogen-bond acceptors (Lipinski definition) is 5. The van der Waals surface area contributed by atoms with Crippen molar-refractivity contribution in [1.82, 2.24) is 5.32 Å². The SMILES string of the molecule is CC(C)CC(=O)Nc1ccc(NC(=O)CNc2ccc(C(=O)NCc3ccco3)cc2)cc1. The molecule has 0 aliphatic rings. The van der Waals surface area contributed by atoms with Gasteiger partial charge in [-0.15, -0.1) is 0 Å². The molecular formula is C25H28N4O4. The van der Waals surface area contributed by atoms with Gasteiger partial charge in [-0.3, -0.25) is 14.4 Å². The number of carbonyl (C=O) groups is 3. The van der Waals surface area contributed by atoms with E-state index >= 15 is 0 Å². The Bertz CT molecular complexity index is 1060. The standard InChI is InChI=1S/C25H28N4O4/c1-17(2)14-23(30)28-20-9-11-21(12-10-20)29-24(31)16-26-19-7-5-18(6-8-19)25(32)27-15-22-4-3-13-33-22/h3-13,17,26H,14-16H2,1-2H3,(H,27,32)(H,28,30)(H,29,31). The minimum atomic E-state index is -0.216. The number of nitrogens with one attached hydrogen (secondary N) is 4. The lowest BCUT2D eigenvalue weighted by Gasteiger charge is -2.10. The van der Waals surface area contributed by atoms with Crippen LogP contribution in [0, 0.1) is 5.92 Å². The van der Waals surface area contributed by atoms with Crippen molar-refractivity contribution in [3.05, 3.63) is 78.3 Å². The molecule has 8 heteroatoms. The van der Waals surface area contributed by atoms with Gasteiger partial charge in [0.1, 0.15) is 5.76 Å². The third-order valence-electron chi connectivity index (χ3n) is 4.65. The summed E-state index contributed by atoms with van der Waals surface area (Å²) < 4.78 is 5.19. The van der Waals surface area contributed by atoms with E-state index in [1.807, 2.05) is 13.8 Å². The normalized spacial score (nSPS) is 10.5. The van der Waals surface area contributed by atoms with Gasteiger partial charge in [0.15, 0.2) is 0 Å². The van der Waals surface area contributed by atoms with Crippen molar-refractivity contribution in [3.8, 4) is 0 Å². The minimum absolute atomic E-state index is 0.0352. The molecule has 0 fully saturated rings. The lowest BCUT2D eigenvalue weighted by Crippen LogP contribution is -2.23. The summed E-state index contributed by atoms with van der Waals surface area (Å²) in [4.78, 5) is 36.2. The molecule has 1 aromatic heterocycles. The van der Waals surface area contributed by atoms with Crippen LogP contribution in [-0.2, 0) is 16.1 Å². The van der Waals surface area contributed by atoms with Crippen molar-refractivity contribution in [1.29, 1.82) is 0 Å². The molecule has 0 radical (unpaired) electrons. The van der Waals surface area contributed by atoms with Crippen LogP contribution < -0.4 is 21.3 Å². The molecular weight excluding hydrogens is 420 g/mol. The average Bonchev–Trinajstić information content (AvgIpc) is 3.31. The van der Waals surface area contributed by atoms with Crippen molar-refractivity contribution in [2.45, 2.75) is 26.8 Å². The fourth-order valence-corrected chi connectivity index (χ4v) is 3.03. The molecule has 0 spiro atoms. The summed E-state index contributed by atoms with van der Waals surface area (Å²) in [7, 11) is 0. The highest BCUT2D eigenvalue weighted by Gasteiger charge is 2.08. The summed E-state index contributed by atoms with van der Waals surface area (Å²) in [5, 5.41) is 11.4. The predicted molar refractivity (Wildman–Crippen MR) is 128 cm³/mol. The Morgan fingerprint density at radius 2 is 1.42 bits per heavy atom. The smallest absolute Gasteiger partial charge is 0.251 e.